The lowest BCUT2D eigenvalue weighted by Gasteiger charge is -2.21. The molecule has 2 aromatic rings. The van der Waals surface area contributed by atoms with E-state index < -0.39 is 17.7 Å². The van der Waals surface area contributed by atoms with E-state index in [-0.39, 0.29) is 18.7 Å². The van der Waals surface area contributed by atoms with Crippen LogP contribution in [0.25, 0.3) is 6.08 Å². The van der Waals surface area contributed by atoms with Crippen LogP contribution in [0.3, 0.4) is 0 Å². The fourth-order valence-electron chi connectivity index (χ4n) is 2.52. The molecule has 0 fully saturated rings. The largest absolute Gasteiger partial charge is 0.497 e. The van der Waals surface area contributed by atoms with Gasteiger partial charge in [-0.25, -0.2) is 4.39 Å². The average Bonchev–Trinajstić information content (AvgIpc) is 2.73. The Balaban J connectivity index is 2.27. The van der Waals surface area contributed by atoms with Gasteiger partial charge in [0, 0.05) is 28.7 Å². The Morgan fingerprint density at radius 3 is 2.31 bits per heavy atom. The van der Waals surface area contributed by atoms with Crippen molar-refractivity contribution in [3.63, 3.8) is 0 Å². The van der Waals surface area contributed by atoms with Gasteiger partial charge in [-0.15, -0.1) is 0 Å². The number of rotatable bonds is 8. The molecule has 0 bridgehead atoms. The van der Waals surface area contributed by atoms with E-state index in [0.29, 0.717) is 21.5 Å². The van der Waals surface area contributed by atoms with Crippen molar-refractivity contribution in [2.45, 2.75) is 6.54 Å². The number of hydrogen-bond acceptors (Lipinski definition) is 5. The second kappa shape index (κ2) is 10.6. The summed E-state index contributed by atoms with van der Waals surface area (Å²) >= 11 is 3.26. The minimum Gasteiger partial charge on any atom is -0.497 e. The minimum absolute atomic E-state index is 0.104. The quantitative estimate of drug-likeness (QED) is 0.437. The molecule has 0 aromatic heterocycles. The van der Waals surface area contributed by atoms with Gasteiger partial charge in [-0.3, -0.25) is 9.59 Å². The number of carbonyl (C=O) groups is 2. The molecule has 1 amide bonds. The van der Waals surface area contributed by atoms with Gasteiger partial charge in [0.1, 0.15) is 23.9 Å². The first kappa shape index (κ1) is 22.4. The van der Waals surface area contributed by atoms with Gasteiger partial charge in [-0.1, -0.05) is 15.9 Å². The number of methoxy groups -OCH3 is 3. The first-order valence-electron chi connectivity index (χ1n) is 8.57. The van der Waals surface area contributed by atoms with Gasteiger partial charge in [-0.05, 0) is 42.0 Å². The molecule has 0 spiro atoms. The summed E-state index contributed by atoms with van der Waals surface area (Å²) in [4.78, 5) is 25.8. The molecule has 2 aromatic carbocycles. The second-order valence-corrected chi connectivity index (χ2v) is 6.91. The van der Waals surface area contributed by atoms with E-state index in [2.05, 4.69) is 20.7 Å². The molecule has 0 saturated carbocycles. The van der Waals surface area contributed by atoms with E-state index in [1.165, 1.54) is 44.4 Å². The lowest BCUT2D eigenvalue weighted by molar-refractivity contribution is -0.145. The average molecular weight is 466 g/mol. The van der Waals surface area contributed by atoms with Crippen LogP contribution in [-0.2, 0) is 20.9 Å². The molecular weight excluding hydrogens is 445 g/mol. The Morgan fingerprint density at radius 2 is 1.72 bits per heavy atom. The lowest BCUT2D eigenvalue weighted by Crippen LogP contribution is -2.34. The van der Waals surface area contributed by atoms with Crippen molar-refractivity contribution in [2.75, 3.05) is 27.9 Å². The van der Waals surface area contributed by atoms with Crippen LogP contribution in [0.4, 0.5) is 4.39 Å². The molecule has 0 aliphatic heterocycles. The number of esters is 1. The van der Waals surface area contributed by atoms with Crippen LogP contribution in [0, 0.1) is 5.82 Å². The maximum atomic E-state index is 13.9. The summed E-state index contributed by atoms with van der Waals surface area (Å²) in [5.74, 6) is -0.408. The Labute approximate surface area is 177 Å². The number of hydrogen-bond donors (Lipinski definition) is 0. The van der Waals surface area contributed by atoms with E-state index in [4.69, 9.17) is 9.47 Å². The van der Waals surface area contributed by atoms with Gasteiger partial charge in [0.2, 0.25) is 5.91 Å². The first-order valence-corrected chi connectivity index (χ1v) is 9.36. The SMILES string of the molecule is COC(=O)CN(Cc1cc(OC)cc(OC)c1)C(=O)/C=C/c1cc(Br)ccc1F. The fraction of sp³-hybridized carbons (Fsp3) is 0.238. The van der Waals surface area contributed by atoms with Crippen LogP contribution < -0.4 is 9.47 Å². The van der Waals surface area contributed by atoms with Gasteiger partial charge >= 0.3 is 5.97 Å². The van der Waals surface area contributed by atoms with Crippen LogP contribution in [-0.4, -0.2) is 44.7 Å². The fourth-order valence-corrected chi connectivity index (χ4v) is 2.90. The smallest absolute Gasteiger partial charge is 0.325 e. The van der Waals surface area contributed by atoms with Crippen molar-refractivity contribution in [2.24, 2.45) is 0 Å². The van der Waals surface area contributed by atoms with Crippen molar-refractivity contribution in [1.82, 2.24) is 4.90 Å². The van der Waals surface area contributed by atoms with Gasteiger partial charge in [-0.2, -0.15) is 0 Å². The third-order valence-corrected chi connectivity index (χ3v) is 4.50. The molecule has 0 aliphatic rings. The summed E-state index contributed by atoms with van der Waals surface area (Å²) in [7, 11) is 4.28. The standard InChI is InChI=1S/C21H21BrFNO5/c1-27-17-8-14(9-18(11-17)28-2)12-24(13-21(26)29-3)20(25)7-4-15-10-16(22)5-6-19(15)23/h4-11H,12-13H2,1-3H3/b7-4+. The lowest BCUT2D eigenvalue weighted by atomic mass is 10.1. The van der Waals surface area contributed by atoms with Gasteiger partial charge in [0.15, 0.2) is 0 Å². The molecule has 29 heavy (non-hydrogen) atoms. The molecule has 154 valence electrons. The topological polar surface area (TPSA) is 65.1 Å². The van der Waals surface area contributed by atoms with Crippen LogP contribution in [0.2, 0.25) is 0 Å². The summed E-state index contributed by atoms with van der Waals surface area (Å²) in [5, 5.41) is 0. The van der Waals surface area contributed by atoms with E-state index >= 15 is 0 Å². The summed E-state index contributed by atoms with van der Waals surface area (Å²) in [5.41, 5.74) is 0.939. The summed E-state index contributed by atoms with van der Waals surface area (Å²) in [6.07, 6.45) is 2.57. The number of amides is 1. The third-order valence-electron chi connectivity index (χ3n) is 4.01. The monoisotopic (exact) mass is 465 g/mol. The zero-order valence-electron chi connectivity index (χ0n) is 16.3. The van der Waals surface area contributed by atoms with E-state index in [0.717, 1.165) is 0 Å². The number of halogens is 2. The predicted octanol–water partition coefficient (Wildman–Crippen LogP) is 3.82. The molecule has 2 rings (SSSR count). The normalized spacial score (nSPS) is 10.7. The van der Waals surface area contributed by atoms with Gasteiger partial charge in [0.25, 0.3) is 0 Å². The van der Waals surface area contributed by atoms with E-state index in [9.17, 15) is 14.0 Å². The Morgan fingerprint density at radius 1 is 1.07 bits per heavy atom. The minimum atomic E-state index is -0.574. The highest BCUT2D eigenvalue weighted by Crippen LogP contribution is 2.24. The Hall–Kier alpha value is -2.87. The van der Waals surface area contributed by atoms with Crippen molar-refractivity contribution < 1.29 is 28.2 Å². The van der Waals surface area contributed by atoms with Crippen LogP contribution in [0.5, 0.6) is 11.5 Å². The molecule has 0 aliphatic carbocycles. The number of ether oxygens (including phenoxy) is 3. The molecular formula is C21H21BrFNO5. The van der Waals surface area contributed by atoms with Crippen molar-refractivity contribution >= 4 is 33.9 Å². The van der Waals surface area contributed by atoms with Crippen LogP contribution >= 0.6 is 15.9 Å². The van der Waals surface area contributed by atoms with Gasteiger partial charge < -0.3 is 19.1 Å². The first-order chi connectivity index (χ1) is 13.9. The summed E-state index contributed by atoms with van der Waals surface area (Å²) in [6.45, 7) is -0.160. The molecule has 0 N–H and O–H groups in total. The zero-order chi connectivity index (χ0) is 21.4. The summed E-state index contributed by atoms with van der Waals surface area (Å²) in [6, 6.07) is 9.58. The molecule has 0 heterocycles. The molecule has 6 nitrogen and oxygen atoms in total. The van der Waals surface area contributed by atoms with Crippen molar-refractivity contribution in [1.29, 1.82) is 0 Å². The zero-order valence-corrected chi connectivity index (χ0v) is 17.9. The predicted molar refractivity (Wildman–Crippen MR) is 110 cm³/mol. The van der Waals surface area contributed by atoms with Crippen LogP contribution in [0.15, 0.2) is 46.9 Å². The second-order valence-electron chi connectivity index (χ2n) is 5.99. The third kappa shape index (κ3) is 6.60. The Bertz CT molecular complexity index is 894. The molecule has 8 heteroatoms. The maximum absolute atomic E-state index is 13.9. The summed E-state index contributed by atoms with van der Waals surface area (Å²) < 4.78 is 29.7. The maximum Gasteiger partial charge on any atom is 0.325 e. The van der Waals surface area contributed by atoms with E-state index in [1.54, 1.807) is 30.3 Å². The highest BCUT2D eigenvalue weighted by atomic mass is 79.9. The highest BCUT2D eigenvalue weighted by Gasteiger charge is 2.17. The van der Waals surface area contributed by atoms with Crippen LogP contribution in [0.1, 0.15) is 11.1 Å². The number of carbonyl (C=O) groups excluding carboxylic acids is 2. The van der Waals surface area contributed by atoms with E-state index in [1.807, 2.05) is 0 Å². The van der Waals surface area contributed by atoms with Crippen molar-refractivity contribution in [3.8, 4) is 11.5 Å². The Kier molecular flexibility index (Phi) is 8.21. The van der Waals surface area contributed by atoms with Crippen molar-refractivity contribution in [3.05, 3.63) is 63.9 Å². The number of nitrogens with zero attached hydrogens (tertiary/aromatic N) is 1. The van der Waals surface area contributed by atoms with Gasteiger partial charge in [0.05, 0.1) is 21.3 Å². The highest BCUT2D eigenvalue weighted by molar-refractivity contribution is 9.10. The number of benzene rings is 2. The molecule has 0 atom stereocenters. The molecule has 0 unspecified atom stereocenters. The molecule has 0 radical (unpaired) electrons. The molecule has 0 saturated heterocycles.